The van der Waals surface area contributed by atoms with Crippen LogP contribution in [0.5, 0.6) is 5.75 Å². The molecule has 1 N–H and O–H groups in total. The van der Waals surface area contributed by atoms with Gasteiger partial charge in [0.05, 0.1) is 13.5 Å². The third-order valence-electron chi connectivity index (χ3n) is 5.17. The molecule has 0 bridgehead atoms. The Morgan fingerprint density at radius 2 is 1.60 bits per heavy atom. The quantitative estimate of drug-likeness (QED) is 0.598. The summed E-state index contributed by atoms with van der Waals surface area (Å²) in [4.78, 5) is 27.9. The SMILES string of the molecule is CCC(C)NC(=O)C(CC)N(Cc1ccc(OC)cc1)C(=O)Cc1ccc(Cl)cc1. The average Bonchev–Trinajstić information content (AvgIpc) is 2.75. The number of ether oxygens (including phenoxy) is 1. The molecule has 162 valence electrons. The molecule has 0 fully saturated rings. The molecule has 0 spiro atoms. The molecule has 2 rings (SSSR count). The lowest BCUT2D eigenvalue weighted by atomic mass is 10.1. The van der Waals surface area contributed by atoms with E-state index in [4.69, 9.17) is 16.3 Å². The summed E-state index contributed by atoms with van der Waals surface area (Å²) in [5.41, 5.74) is 1.80. The molecule has 2 aromatic rings. The predicted octanol–water partition coefficient (Wildman–Crippen LogP) is 4.61. The van der Waals surface area contributed by atoms with Gasteiger partial charge in [0.25, 0.3) is 0 Å². The highest BCUT2D eigenvalue weighted by Crippen LogP contribution is 2.18. The highest BCUT2D eigenvalue weighted by atomic mass is 35.5. The standard InChI is InChI=1S/C24H31ClN2O3/c1-5-17(3)26-24(29)22(6-2)27(16-19-9-13-21(30-4)14-10-19)23(28)15-18-7-11-20(25)12-8-18/h7-14,17,22H,5-6,15-16H2,1-4H3,(H,26,29). The Morgan fingerprint density at radius 3 is 2.13 bits per heavy atom. The van der Waals surface area contributed by atoms with Gasteiger partial charge in [0.15, 0.2) is 0 Å². The first-order valence-electron chi connectivity index (χ1n) is 10.3. The van der Waals surface area contributed by atoms with Gasteiger partial charge in [-0.2, -0.15) is 0 Å². The molecule has 0 aliphatic rings. The van der Waals surface area contributed by atoms with E-state index >= 15 is 0 Å². The van der Waals surface area contributed by atoms with E-state index in [-0.39, 0.29) is 24.3 Å². The summed E-state index contributed by atoms with van der Waals surface area (Å²) in [7, 11) is 1.61. The van der Waals surface area contributed by atoms with E-state index in [1.807, 2.05) is 57.2 Å². The zero-order valence-electron chi connectivity index (χ0n) is 18.2. The van der Waals surface area contributed by atoms with Crippen LogP contribution in [0.1, 0.15) is 44.7 Å². The van der Waals surface area contributed by atoms with Gasteiger partial charge >= 0.3 is 0 Å². The Bertz CT molecular complexity index is 821. The third-order valence-corrected chi connectivity index (χ3v) is 5.42. The second-order valence-corrected chi connectivity index (χ2v) is 7.85. The number of carbonyl (C=O) groups is 2. The average molecular weight is 431 g/mol. The second-order valence-electron chi connectivity index (χ2n) is 7.41. The summed E-state index contributed by atoms with van der Waals surface area (Å²) in [5.74, 6) is 0.531. The van der Waals surface area contributed by atoms with Crippen molar-refractivity contribution in [3.8, 4) is 5.75 Å². The van der Waals surface area contributed by atoms with E-state index < -0.39 is 6.04 Å². The number of rotatable bonds is 10. The molecule has 0 aromatic heterocycles. The van der Waals surface area contributed by atoms with Crippen LogP contribution in [-0.4, -0.2) is 35.9 Å². The van der Waals surface area contributed by atoms with Gasteiger partial charge in [-0.25, -0.2) is 0 Å². The summed E-state index contributed by atoms with van der Waals surface area (Å²) < 4.78 is 5.22. The molecule has 0 radical (unpaired) electrons. The zero-order chi connectivity index (χ0) is 22.1. The second kappa shape index (κ2) is 11.6. The number of hydrogen-bond donors (Lipinski definition) is 1. The van der Waals surface area contributed by atoms with Crippen molar-refractivity contribution in [3.63, 3.8) is 0 Å². The number of hydrogen-bond acceptors (Lipinski definition) is 3. The van der Waals surface area contributed by atoms with Gasteiger partial charge in [0.1, 0.15) is 11.8 Å². The topological polar surface area (TPSA) is 58.6 Å². The van der Waals surface area contributed by atoms with Crippen LogP contribution in [0.15, 0.2) is 48.5 Å². The van der Waals surface area contributed by atoms with Gasteiger partial charge < -0.3 is 15.0 Å². The van der Waals surface area contributed by atoms with E-state index in [0.717, 1.165) is 23.3 Å². The van der Waals surface area contributed by atoms with Crippen LogP contribution < -0.4 is 10.1 Å². The molecule has 2 atom stereocenters. The Labute approximate surface area is 184 Å². The van der Waals surface area contributed by atoms with Crippen LogP contribution in [-0.2, 0) is 22.6 Å². The summed E-state index contributed by atoms with van der Waals surface area (Å²) in [6.45, 7) is 6.26. The first-order chi connectivity index (χ1) is 14.4. The van der Waals surface area contributed by atoms with E-state index in [0.29, 0.717) is 18.0 Å². The molecule has 0 aliphatic carbocycles. The predicted molar refractivity (Wildman–Crippen MR) is 121 cm³/mol. The molecule has 2 aromatic carbocycles. The molecule has 2 amide bonds. The Morgan fingerprint density at radius 1 is 1.00 bits per heavy atom. The monoisotopic (exact) mass is 430 g/mol. The number of amides is 2. The van der Waals surface area contributed by atoms with Gasteiger partial charge in [-0.1, -0.05) is 49.7 Å². The lowest BCUT2D eigenvalue weighted by molar-refractivity contribution is -0.141. The van der Waals surface area contributed by atoms with Crippen LogP contribution in [0, 0.1) is 0 Å². The van der Waals surface area contributed by atoms with Crippen molar-refractivity contribution in [1.29, 1.82) is 0 Å². The number of halogens is 1. The molecule has 5 nitrogen and oxygen atoms in total. The molecule has 0 aliphatic heterocycles. The van der Waals surface area contributed by atoms with Gasteiger partial charge in [0.2, 0.25) is 11.8 Å². The summed E-state index contributed by atoms with van der Waals surface area (Å²) in [6, 6.07) is 14.3. The fourth-order valence-corrected chi connectivity index (χ4v) is 3.29. The number of methoxy groups -OCH3 is 1. The van der Waals surface area contributed by atoms with E-state index in [9.17, 15) is 9.59 Å². The van der Waals surface area contributed by atoms with E-state index in [2.05, 4.69) is 5.32 Å². The molecule has 0 saturated carbocycles. The van der Waals surface area contributed by atoms with Gasteiger partial charge in [-0.3, -0.25) is 9.59 Å². The molecular weight excluding hydrogens is 400 g/mol. The highest BCUT2D eigenvalue weighted by molar-refractivity contribution is 6.30. The Kier molecular flexibility index (Phi) is 9.18. The molecule has 0 saturated heterocycles. The number of nitrogens with one attached hydrogen (secondary N) is 1. The minimum atomic E-state index is -0.541. The molecular formula is C24H31ClN2O3. The van der Waals surface area contributed by atoms with Crippen molar-refractivity contribution < 1.29 is 14.3 Å². The van der Waals surface area contributed by atoms with Gasteiger partial charge in [-0.15, -0.1) is 0 Å². The third kappa shape index (κ3) is 6.77. The minimum Gasteiger partial charge on any atom is -0.497 e. The van der Waals surface area contributed by atoms with Crippen molar-refractivity contribution in [2.45, 2.75) is 58.7 Å². The van der Waals surface area contributed by atoms with Crippen LogP contribution in [0.4, 0.5) is 0 Å². The van der Waals surface area contributed by atoms with Crippen molar-refractivity contribution in [1.82, 2.24) is 10.2 Å². The van der Waals surface area contributed by atoms with Crippen molar-refractivity contribution in [2.75, 3.05) is 7.11 Å². The number of carbonyl (C=O) groups excluding carboxylic acids is 2. The van der Waals surface area contributed by atoms with Crippen LogP contribution in [0.3, 0.4) is 0 Å². The van der Waals surface area contributed by atoms with Crippen LogP contribution >= 0.6 is 11.6 Å². The maximum Gasteiger partial charge on any atom is 0.243 e. The van der Waals surface area contributed by atoms with Crippen molar-refractivity contribution in [2.24, 2.45) is 0 Å². The largest absolute Gasteiger partial charge is 0.497 e. The first-order valence-corrected chi connectivity index (χ1v) is 10.7. The molecule has 6 heteroatoms. The highest BCUT2D eigenvalue weighted by Gasteiger charge is 2.29. The minimum absolute atomic E-state index is 0.0563. The summed E-state index contributed by atoms with van der Waals surface area (Å²) in [6.07, 6.45) is 1.57. The number of benzene rings is 2. The maximum absolute atomic E-state index is 13.3. The molecule has 0 heterocycles. The summed E-state index contributed by atoms with van der Waals surface area (Å²) >= 11 is 5.96. The fraction of sp³-hybridized carbons (Fsp3) is 0.417. The normalized spacial score (nSPS) is 12.7. The molecule has 2 unspecified atom stereocenters. The van der Waals surface area contributed by atoms with E-state index in [1.165, 1.54) is 0 Å². The Balaban J connectivity index is 2.27. The lowest BCUT2D eigenvalue weighted by Crippen LogP contribution is -2.51. The molecule has 30 heavy (non-hydrogen) atoms. The van der Waals surface area contributed by atoms with Crippen LogP contribution in [0.2, 0.25) is 5.02 Å². The van der Waals surface area contributed by atoms with Crippen molar-refractivity contribution in [3.05, 3.63) is 64.7 Å². The van der Waals surface area contributed by atoms with Crippen LogP contribution in [0.25, 0.3) is 0 Å². The van der Waals surface area contributed by atoms with E-state index in [1.54, 1.807) is 24.1 Å². The number of nitrogens with zero attached hydrogens (tertiary/aromatic N) is 1. The van der Waals surface area contributed by atoms with Gasteiger partial charge in [0, 0.05) is 17.6 Å². The first kappa shape index (κ1) is 23.7. The van der Waals surface area contributed by atoms with Crippen molar-refractivity contribution >= 4 is 23.4 Å². The summed E-state index contributed by atoms with van der Waals surface area (Å²) in [5, 5.41) is 3.65. The fourth-order valence-electron chi connectivity index (χ4n) is 3.17. The zero-order valence-corrected chi connectivity index (χ0v) is 18.9. The maximum atomic E-state index is 13.3. The van der Waals surface area contributed by atoms with Gasteiger partial charge in [-0.05, 0) is 55.2 Å². The lowest BCUT2D eigenvalue weighted by Gasteiger charge is -2.31. The smallest absolute Gasteiger partial charge is 0.243 e. The Hall–Kier alpha value is -2.53.